The van der Waals surface area contributed by atoms with E-state index in [4.69, 9.17) is 4.43 Å². The molecular formula is C23H26Cl2OSiZr. The van der Waals surface area contributed by atoms with E-state index in [2.05, 4.69) is 80.3 Å². The monoisotopic (exact) mass is 506 g/mol. The van der Waals surface area contributed by atoms with E-state index in [0.29, 0.717) is 0 Å². The molecule has 0 bridgehead atoms. The second-order valence-electron chi connectivity index (χ2n) is 7.42. The average Bonchev–Trinajstić information content (AvgIpc) is 3.21. The molecule has 0 heterocycles. The van der Waals surface area contributed by atoms with Crippen LogP contribution in [-0.4, -0.2) is 14.9 Å². The molecule has 2 aliphatic carbocycles. The molecule has 0 saturated heterocycles. The molecule has 4 rings (SSSR count). The first-order valence-corrected chi connectivity index (χ1v) is 12.4. The summed E-state index contributed by atoms with van der Waals surface area (Å²) in [6, 6.07) is 18.1. The molecule has 2 aromatic carbocycles. The van der Waals surface area contributed by atoms with Crippen LogP contribution in [0.25, 0.3) is 11.1 Å². The summed E-state index contributed by atoms with van der Waals surface area (Å²) in [5, 5.41) is 0. The van der Waals surface area contributed by atoms with Gasteiger partial charge in [-0.3, -0.25) is 6.08 Å². The molecule has 0 atom stereocenters. The Labute approximate surface area is 202 Å². The van der Waals surface area contributed by atoms with Gasteiger partial charge in [-0.25, -0.2) is 11.6 Å². The van der Waals surface area contributed by atoms with Gasteiger partial charge in [-0.1, -0.05) is 35.4 Å². The Bertz CT molecular complexity index is 754. The van der Waals surface area contributed by atoms with Gasteiger partial charge in [0.2, 0.25) is 0 Å². The summed E-state index contributed by atoms with van der Waals surface area (Å²) in [5.74, 6) is 0. The Morgan fingerprint density at radius 2 is 1.71 bits per heavy atom. The fourth-order valence-corrected chi connectivity index (χ4v) is 3.80. The molecule has 0 amide bonds. The van der Waals surface area contributed by atoms with Gasteiger partial charge in [0.25, 0.3) is 0 Å². The summed E-state index contributed by atoms with van der Waals surface area (Å²) in [7, 11) is -1.29. The molecule has 0 saturated carbocycles. The van der Waals surface area contributed by atoms with E-state index in [-0.39, 0.29) is 51.0 Å². The first-order chi connectivity index (χ1) is 12.0. The van der Waals surface area contributed by atoms with Crippen molar-refractivity contribution in [2.75, 3.05) is 6.61 Å². The minimum Gasteiger partial charge on any atom is -1.00 e. The van der Waals surface area contributed by atoms with Crippen LogP contribution in [-0.2, 0) is 37.1 Å². The maximum Gasteiger partial charge on any atom is 4.00 e. The van der Waals surface area contributed by atoms with E-state index in [1.807, 2.05) is 6.07 Å². The standard InChI is InChI=1S/C13H9.C10H17OSi.2ClH.Zr/c1-3-7-12-10(5-1)9-11-6-2-4-8-13(11)12;1-12(2,3)11-9-8-10-6-4-5-7-10;;;/h1-5,7-8H,9H2;4,6H,5,8-9H2,1-3H3;2*1H;/q2*-1;;;+4/p-2. The second-order valence-corrected chi connectivity index (χ2v) is 11.9. The van der Waals surface area contributed by atoms with Crippen LogP contribution in [0.15, 0.2) is 60.2 Å². The van der Waals surface area contributed by atoms with Crippen molar-refractivity contribution in [1.29, 1.82) is 0 Å². The third-order valence-electron chi connectivity index (χ3n) is 4.29. The normalized spacial score (nSPS) is 12.9. The second kappa shape index (κ2) is 13.0. The molecule has 0 aromatic heterocycles. The van der Waals surface area contributed by atoms with E-state index in [1.54, 1.807) is 0 Å². The number of hydrogen-bond donors (Lipinski definition) is 0. The van der Waals surface area contributed by atoms with Crippen LogP contribution < -0.4 is 24.8 Å². The Kier molecular flexibility index (Phi) is 12.8. The molecule has 5 heteroatoms. The Morgan fingerprint density at radius 3 is 2.39 bits per heavy atom. The van der Waals surface area contributed by atoms with E-state index in [0.717, 1.165) is 25.9 Å². The van der Waals surface area contributed by atoms with E-state index in [1.165, 1.54) is 27.8 Å². The van der Waals surface area contributed by atoms with Crippen LogP contribution in [0.5, 0.6) is 0 Å². The first kappa shape index (κ1) is 27.6. The van der Waals surface area contributed by atoms with Gasteiger partial charge in [-0.2, -0.15) is 35.9 Å². The molecule has 0 N–H and O–H groups in total. The van der Waals surface area contributed by atoms with E-state index >= 15 is 0 Å². The Balaban J connectivity index is 0.000000472. The van der Waals surface area contributed by atoms with Crippen molar-refractivity contribution < 1.29 is 55.4 Å². The molecule has 1 nitrogen and oxygen atoms in total. The van der Waals surface area contributed by atoms with Crippen LogP contribution in [0.3, 0.4) is 0 Å². The Morgan fingerprint density at radius 1 is 1.00 bits per heavy atom. The summed E-state index contributed by atoms with van der Waals surface area (Å²) in [6.45, 7) is 7.52. The van der Waals surface area contributed by atoms with Crippen LogP contribution in [0.4, 0.5) is 0 Å². The van der Waals surface area contributed by atoms with Crippen LogP contribution >= 0.6 is 0 Å². The van der Waals surface area contributed by atoms with Crippen molar-refractivity contribution in [3.05, 3.63) is 83.5 Å². The smallest absolute Gasteiger partial charge is 1.00 e. The summed E-state index contributed by atoms with van der Waals surface area (Å²) >= 11 is 0. The topological polar surface area (TPSA) is 9.23 Å². The molecule has 146 valence electrons. The maximum atomic E-state index is 5.74. The van der Waals surface area contributed by atoms with Crippen LogP contribution in [0.2, 0.25) is 19.6 Å². The summed E-state index contributed by atoms with van der Waals surface area (Å²) in [5.41, 5.74) is 6.82. The van der Waals surface area contributed by atoms with Gasteiger partial charge in [-0.05, 0) is 32.5 Å². The molecule has 2 aromatic rings. The fourth-order valence-electron chi connectivity index (χ4n) is 3.09. The number of halogens is 2. The average molecular weight is 509 g/mol. The fraction of sp³-hybridized carbons (Fsp3) is 0.304. The molecule has 0 aliphatic heterocycles. The molecule has 0 unspecified atom stereocenters. The predicted molar refractivity (Wildman–Crippen MR) is 108 cm³/mol. The molecule has 28 heavy (non-hydrogen) atoms. The van der Waals surface area contributed by atoms with Crippen molar-refractivity contribution >= 4 is 8.32 Å². The zero-order valence-corrected chi connectivity index (χ0v) is 21.7. The predicted octanol–water partition coefficient (Wildman–Crippen LogP) is -0.0190. The van der Waals surface area contributed by atoms with Crippen molar-refractivity contribution in [2.45, 2.75) is 38.9 Å². The van der Waals surface area contributed by atoms with Gasteiger partial charge in [0.15, 0.2) is 8.32 Å². The minimum absolute atomic E-state index is 0. The molecule has 0 fully saturated rings. The van der Waals surface area contributed by atoms with Gasteiger partial charge in [0.05, 0.1) is 0 Å². The van der Waals surface area contributed by atoms with Gasteiger partial charge in [0, 0.05) is 6.61 Å². The maximum absolute atomic E-state index is 5.74. The number of fused-ring (bicyclic) bond motifs is 3. The van der Waals surface area contributed by atoms with E-state index in [9.17, 15) is 0 Å². The van der Waals surface area contributed by atoms with Crippen molar-refractivity contribution in [3.8, 4) is 11.1 Å². The third-order valence-corrected chi connectivity index (χ3v) is 5.36. The summed E-state index contributed by atoms with van der Waals surface area (Å²) < 4.78 is 5.74. The SMILES string of the molecule is C[Si](C)(C)OCCC1=[C-]CC=C1.[Cl-].[Cl-].[Zr+4].[c-]1cccc2c1Cc1ccccc1-2. The number of allylic oxidation sites excluding steroid dienone is 3. The van der Waals surface area contributed by atoms with Gasteiger partial charge in [-0.15, -0.1) is 12.0 Å². The van der Waals surface area contributed by atoms with Gasteiger partial charge < -0.3 is 29.2 Å². The van der Waals surface area contributed by atoms with Crippen molar-refractivity contribution in [2.24, 2.45) is 0 Å². The quantitative estimate of drug-likeness (QED) is 0.356. The molecule has 2 aliphatic rings. The van der Waals surface area contributed by atoms with Crippen molar-refractivity contribution in [3.63, 3.8) is 0 Å². The van der Waals surface area contributed by atoms with Gasteiger partial charge in [0.1, 0.15) is 0 Å². The summed E-state index contributed by atoms with van der Waals surface area (Å²) in [4.78, 5) is 0. The molecule has 0 radical (unpaired) electrons. The zero-order valence-electron chi connectivity index (χ0n) is 16.7. The van der Waals surface area contributed by atoms with Crippen LogP contribution in [0.1, 0.15) is 24.0 Å². The van der Waals surface area contributed by atoms with Gasteiger partial charge >= 0.3 is 26.2 Å². The van der Waals surface area contributed by atoms with E-state index < -0.39 is 8.32 Å². The largest absolute Gasteiger partial charge is 4.00 e. The molecule has 0 spiro atoms. The number of rotatable bonds is 4. The Hall–Kier alpha value is -0.440. The summed E-state index contributed by atoms with van der Waals surface area (Å²) in [6.07, 6.45) is 10.6. The first-order valence-electron chi connectivity index (χ1n) is 9.01. The third kappa shape index (κ3) is 8.13. The van der Waals surface area contributed by atoms with Crippen LogP contribution in [0, 0.1) is 12.1 Å². The number of hydrogen-bond acceptors (Lipinski definition) is 1. The molecular weight excluding hydrogens is 482 g/mol. The number of benzene rings is 2. The minimum atomic E-state index is -1.29. The zero-order chi connectivity index (χ0) is 17.7. The van der Waals surface area contributed by atoms with Crippen molar-refractivity contribution in [1.82, 2.24) is 0 Å².